The minimum atomic E-state index is -0.758. The molecular weight excluding hydrogens is 304 g/mol. The van der Waals surface area contributed by atoms with Crippen LogP contribution in [0.1, 0.15) is 11.1 Å². The Bertz CT molecular complexity index is 659. The second-order valence-electron chi connectivity index (χ2n) is 5.57. The molecule has 0 heterocycles. The van der Waals surface area contributed by atoms with Crippen LogP contribution in [0.25, 0.3) is 0 Å². The zero-order chi connectivity index (χ0) is 17.4. The van der Waals surface area contributed by atoms with Crippen LogP contribution in [0.3, 0.4) is 0 Å². The number of esters is 1. The Morgan fingerprint density at radius 1 is 0.958 bits per heavy atom. The lowest BCUT2D eigenvalue weighted by atomic mass is 10.0. The molecule has 0 bridgehead atoms. The van der Waals surface area contributed by atoms with Gasteiger partial charge >= 0.3 is 5.97 Å². The van der Waals surface area contributed by atoms with Gasteiger partial charge in [0.25, 0.3) is 0 Å². The fourth-order valence-corrected chi connectivity index (χ4v) is 2.42. The van der Waals surface area contributed by atoms with E-state index in [1.165, 1.54) is 7.11 Å². The van der Waals surface area contributed by atoms with Gasteiger partial charge in [0, 0.05) is 6.42 Å². The number of carbonyl (C=O) groups excluding carboxylic acids is 2. The van der Waals surface area contributed by atoms with Crippen molar-refractivity contribution in [2.75, 3.05) is 7.11 Å². The average Bonchev–Trinajstić information content (AvgIpc) is 2.62. The second kappa shape index (κ2) is 8.84. The van der Waals surface area contributed by atoms with Gasteiger partial charge in [-0.25, -0.2) is 4.79 Å². The van der Waals surface area contributed by atoms with E-state index in [9.17, 15) is 9.59 Å². The highest BCUT2D eigenvalue weighted by Gasteiger charge is 2.24. The molecule has 0 saturated carbocycles. The van der Waals surface area contributed by atoms with Crippen molar-refractivity contribution in [1.29, 1.82) is 0 Å². The predicted molar refractivity (Wildman–Crippen MR) is 92.2 cm³/mol. The van der Waals surface area contributed by atoms with E-state index in [1.54, 1.807) is 0 Å². The van der Waals surface area contributed by atoms with Gasteiger partial charge < -0.3 is 15.8 Å². The van der Waals surface area contributed by atoms with Crippen LogP contribution >= 0.6 is 0 Å². The maximum Gasteiger partial charge on any atom is 0.328 e. The van der Waals surface area contributed by atoms with Gasteiger partial charge in [-0.05, 0) is 17.5 Å². The second-order valence-corrected chi connectivity index (χ2v) is 5.57. The van der Waals surface area contributed by atoms with Crippen molar-refractivity contribution >= 4 is 11.9 Å². The molecule has 126 valence electrons. The summed E-state index contributed by atoms with van der Waals surface area (Å²) in [6, 6.07) is 17.5. The predicted octanol–water partition coefficient (Wildman–Crippen LogP) is 1.46. The Morgan fingerprint density at radius 2 is 1.46 bits per heavy atom. The number of amides is 1. The van der Waals surface area contributed by atoms with E-state index < -0.39 is 18.1 Å². The molecule has 3 N–H and O–H groups in total. The summed E-state index contributed by atoms with van der Waals surface area (Å²) in [5.41, 5.74) is 7.87. The van der Waals surface area contributed by atoms with Gasteiger partial charge in [-0.2, -0.15) is 0 Å². The van der Waals surface area contributed by atoms with Crippen molar-refractivity contribution < 1.29 is 14.3 Å². The van der Waals surface area contributed by atoms with Crippen LogP contribution in [0, 0.1) is 0 Å². The minimum absolute atomic E-state index is 0.358. The SMILES string of the molecule is COC(=O)[C@H](Cc1ccccc1)NC(=O)[C@@H](N)Cc1ccccc1. The lowest BCUT2D eigenvalue weighted by Gasteiger charge is -2.19. The van der Waals surface area contributed by atoms with Crippen molar-refractivity contribution in [2.24, 2.45) is 5.73 Å². The lowest BCUT2D eigenvalue weighted by molar-refractivity contribution is -0.145. The molecule has 0 aliphatic carbocycles. The maximum absolute atomic E-state index is 12.3. The Hall–Kier alpha value is -2.66. The highest BCUT2D eigenvalue weighted by Crippen LogP contribution is 2.06. The molecule has 0 radical (unpaired) electrons. The van der Waals surface area contributed by atoms with E-state index in [1.807, 2.05) is 60.7 Å². The first-order chi connectivity index (χ1) is 11.6. The maximum atomic E-state index is 12.3. The molecule has 1 amide bonds. The molecule has 5 heteroatoms. The van der Waals surface area contributed by atoms with Gasteiger partial charge in [0.2, 0.25) is 5.91 Å². The number of rotatable bonds is 7. The molecule has 2 atom stereocenters. The average molecular weight is 326 g/mol. The largest absolute Gasteiger partial charge is 0.467 e. The highest BCUT2D eigenvalue weighted by atomic mass is 16.5. The van der Waals surface area contributed by atoms with Crippen LogP contribution in [-0.4, -0.2) is 31.1 Å². The molecule has 2 aromatic rings. The van der Waals surface area contributed by atoms with Gasteiger partial charge in [-0.3, -0.25) is 4.79 Å². The standard InChI is InChI=1S/C19H22N2O3/c1-24-19(23)17(13-15-10-6-3-7-11-15)21-18(22)16(20)12-14-8-4-2-5-9-14/h2-11,16-17H,12-13,20H2,1H3,(H,21,22)/t16-,17-/m0/s1. The lowest BCUT2D eigenvalue weighted by Crippen LogP contribution is -2.50. The van der Waals surface area contributed by atoms with Crippen LogP contribution in [-0.2, 0) is 27.2 Å². The molecule has 2 rings (SSSR count). The third kappa shape index (κ3) is 5.21. The van der Waals surface area contributed by atoms with Crippen LogP contribution in [0.4, 0.5) is 0 Å². The summed E-state index contributed by atoms with van der Waals surface area (Å²) in [5.74, 6) is -0.857. The van der Waals surface area contributed by atoms with Crippen molar-refractivity contribution in [3.63, 3.8) is 0 Å². The Kier molecular flexibility index (Phi) is 6.51. The Labute approximate surface area is 141 Å². The molecule has 24 heavy (non-hydrogen) atoms. The number of nitrogens with two attached hydrogens (primary N) is 1. The number of benzene rings is 2. The molecule has 5 nitrogen and oxygen atoms in total. The van der Waals surface area contributed by atoms with E-state index in [0.29, 0.717) is 12.8 Å². The third-order valence-corrected chi connectivity index (χ3v) is 3.72. The normalized spacial score (nSPS) is 12.9. The van der Waals surface area contributed by atoms with Gasteiger partial charge in [-0.15, -0.1) is 0 Å². The fourth-order valence-electron chi connectivity index (χ4n) is 2.42. The van der Waals surface area contributed by atoms with Crippen LogP contribution in [0.2, 0.25) is 0 Å². The third-order valence-electron chi connectivity index (χ3n) is 3.72. The fraction of sp³-hybridized carbons (Fsp3) is 0.263. The molecule has 0 aliphatic rings. The monoisotopic (exact) mass is 326 g/mol. The molecule has 0 aliphatic heterocycles. The summed E-state index contributed by atoms with van der Waals surface area (Å²) in [5, 5.41) is 2.70. The zero-order valence-corrected chi connectivity index (χ0v) is 13.6. The highest BCUT2D eigenvalue weighted by molar-refractivity contribution is 5.87. The minimum Gasteiger partial charge on any atom is -0.467 e. The first-order valence-corrected chi connectivity index (χ1v) is 7.81. The number of ether oxygens (including phenoxy) is 1. The number of hydrogen-bond donors (Lipinski definition) is 2. The van der Waals surface area contributed by atoms with Crippen LogP contribution < -0.4 is 11.1 Å². The molecule has 0 spiro atoms. The van der Waals surface area contributed by atoms with E-state index in [2.05, 4.69) is 5.32 Å². The van der Waals surface area contributed by atoms with Crippen molar-refractivity contribution in [1.82, 2.24) is 5.32 Å². The first kappa shape index (κ1) is 17.7. The van der Waals surface area contributed by atoms with Crippen LogP contribution in [0.5, 0.6) is 0 Å². The first-order valence-electron chi connectivity index (χ1n) is 7.81. The molecular formula is C19H22N2O3. The van der Waals surface area contributed by atoms with Gasteiger partial charge in [0.1, 0.15) is 6.04 Å². The van der Waals surface area contributed by atoms with Gasteiger partial charge in [-0.1, -0.05) is 60.7 Å². The smallest absolute Gasteiger partial charge is 0.328 e. The molecule has 0 aromatic heterocycles. The summed E-state index contributed by atoms with van der Waals surface area (Å²) in [6.45, 7) is 0. The van der Waals surface area contributed by atoms with Gasteiger partial charge in [0.15, 0.2) is 0 Å². The van der Waals surface area contributed by atoms with Crippen molar-refractivity contribution in [2.45, 2.75) is 24.9 Å². The zero-order valence-electron chi connectivity index (χ0n) is 13.6. The summed E-state index contributed by atoms with van der Waals surface area (Å²) in [6.07, 6.45) is 0.767. The molecule has 0 unspecified atom stereocenters. The summed E-state index contributed by atoms with van der Waals surface area (Å²) >= 11 is 0. The van der Waals surface area contributed by atoms with E-state index in [0.717, 1.165) is 11.1 Å². The number of hydrogen-bond acceptors (Lipinski definition) is 4. The van der Waals surface area contributed by atoms with Crippen molar-refractivity contribution in [3.8, 4) is 0 Å². The number of methoxy groups -OCH3 is 1. The topological polar surface area (TPSA) is 81.4 Å². The van der Waals surface area contributed by atoms with Gasteiger partial charge in [0.05, 0.1) is 13.2 Å². The van der Waals surface area contributed by atoms with E-state index in [4.69, 9.17) is 10.5 Å². The van der Waals surface area contributed by atoms with E-state index in [-0.39, 0.29) is 5.91 Å². The molecule has 2 aromatic carbocycles. The van der Waals surface area contributed by atoms with Crippen molar-refractivity contribution in [3.05, 3.63) is 71.8 Å². The van der Waals surface area contributed by atoms with Crippen LogP contribution in [0.15, 0.2) is 60.7 Å². The molecule has 0 fully saturated rings. The Morgan fingerprint density at radius 3 is 1.96 bits per heavy atom. The summed E-state index contributed by atoms with van der Waals surface area (Å²) < 4.78 is 4.79. The summed E-state index contributed by atoms with van der Waals surface area (Å²) in [7, 11) is 1.30. The Balaban J connectivity index is 2.00. The number of nitrogens with one attached hydrogen (secondary N) is 1. The van der Waals surface area contributed by atoms with E-state index >= 15 is 0 Å². The number of carbonyl (C=O) groups is 2. The summed E-state index contributed by atoms with van der Waals surface area (Å²) in [4.78, 5) is 24.3. The molecule has 0 saturated heterocycles. The quantitative estimate of drug-likeness (QED) is 0.755.